The van der Waals surface area contributed by atoms with Crippen LogP contribution in [0, 0.1) is 0 Å². The lowest BCUT2D eigenvalue weighted by Gasteiger charge is -2.36. The molecule has 1 saturated heterocycles. The van der Waals surface area contributed by atoms with E-state index in [1.807, 2.05) is 6.92 Å². The highest BCUT2D eigenvalue weighted by Gasteiger charge is 2.33. The fourth-order valence-electron chi connectivity index (χ4n) is 4.45. The minimum Gasteiger partial charge on any atom is -0.468 e. The molecule has 8 nitrogen and oxygen atoms in total. The molecule has 0 N–H and O–H groups in total. The number of morpholine rings is 1. The number of hydrogen-bond donors (Lipinski definition) is 0. The number of esters is 1. The maximum absolute atomic E-state index is 12.2. The second-order valence-electron chi connectivity index (χ2n) is 8.89. The Morgan fingerprint density at radius 1 is 1.30 bits per heavy atom. The van der Waals surface area contributed by atoms with E-state index in [0.717, 1.165) is 56.4 Å². The van der Waals surface area contributed by atoms with Crippen LogP contribution in [0.5, 0.6) is 0 Å². The third kappa shape index (κ3) is 4.18. The molecular formula is C23H28N4O4S2. The molecule has 1 atom stereocenters. The van der Waals surface area contributed by atoms with E-state index >= 15 is 0 Å². The van der Waals surface area contributed by atoms with Gasteiger partial charge in [0, 0.05) is 30.5 Å². The van der Waals surface area contributed by atoms with E-state index in [1.165, 1.54) is 24.4 Å². The van der Waals surface area contributed by atoms with Crippen molar-refractivity contribution in [2.75, 3.05) is 38.3 Å². The van der Waals surface area contributed by atoms with Gasteiger partial charge < -0.3 is 19.1 Å². The third-order valence-corrected chi connectivity index (χ3v) is 8.72. The first-order chi connectivity index (χ1) is 15.9. The summed E-state index contributed by atoms with van der Waals surface area (Å²) in [6, 6.07) is 0. The van der Waals surface area contributed by atoms with E-state index in [1.54, 1.807) is 17.7 Å². The molecule has 5 heterocycles. The van der Waals surface area contributed by atoms with Gasteiger partial charge in [0.1, 0.15) is 27.3 Å². The molecule has 0 saturated carbocycles. The minimum atomic E-state index is -0.309. The first kappa shape index (κ1) is 22.8. The summed E-state index contributed by atoms with van der Waals surface area (Å²) in [5.41, 5.74) is 3.05. The molecule has 0 aliphatic carbocycles. The molecular weight excluding hydrogens is 460 g/mol. The molecule has 2 aliphatic heterocycles. The lowest BCUT2D eigenvalue weighted by molar-refractivity contribution is -0.140. The Kier molecular flexibility index (Phi) is 6.19. The van der Waals surface area contributed by atoms with Crippen LogP contribution in [0.15, 0.2) is 11.4 Å². The number of nitrogens with zero attached hydrogens (tertiary/aromatic N) is 4. The van der Waals surface area contributed by atoms with Gasteiger partial charge in [-0.1, -0.05) is 18.7 Å². The molecule has 3 aromatic rings. The number of ether oxygens (including phenoxy) is 3. The molecule has 33 heavy (non-hydrogen) atoms. The van der Waals surface area contributed by atoms with Crippen molar-refractivity contribution >= 4 is 55.3 Å². The van der Waals surface area contributed by atoms with Gasteiger partial charge in [-0.05, 0) is 25.8 Å². The SMILES string of the molecule is CC[C@@H](Sc1ncnc2c1sc1nc(N3CCOCC3)c3c(c12)CC(C)(C)OC3)C(=O)OC. The normalized spacial score (nSPS) is 19.0. The lowest BCUT2D eigenvalue weighted by Crippen LogP contribution is -2.39. The molecule has 0 amide bonds. The standard InChI is InChI=1S/C23H28N4O4S2/c1-5-15(22(28)29-4)32-21-18-17(24-12-25-21)16-13-10-23(2,3)31-11-14(13)19(26-20(16)33-18)27-6-8-30-9-7-27/h12,15H,5-11H2,1-4H3/t15-/m1/s1. The molecule has 0 unspecified atom stereocenters. The summed E-state index contributed by atoms with van der Waals surface area (Å²) in [5, 5.41) is 1.58. The molecule has 176 valence electrons. The average molecular weight is 489 g/mol. The highest BCUT2D eigenvalue weighted by atomic mass is 32.2. The van der Waals surface area contributed by atoms with Crippen molar-refractivity contribution in [3.8, 4) is 0 Å². The monoisotopic (exact) mass is 488 g/mol. The molecule has 1 fully saturated rings. The van der Waals surface area contributed by atoms with Gasteiger partial charge in [-0.2, -0.15) is 0 Å². The van der Waals surface area contributed by atoms with Crippen molar-refractivity contribution in [3.05, 3.63) is 17.5 Å². The maximum atomic E-state index is 12.2. The van der Waals surface area contributed by atoms with Gasteiger partial charge in [0.2, 0.25) is 0 Å². The zero-order valence-electron chi connectivity index (χ0n) is 19.3. The summed E-state index contributed by atoms with van der Waals surface area (Å²) in [4.78, 5) is 29.8. The molecule has 5 rings (SSSR count). The largest absolute Gasteiger partial charge is 0.468 e. The number of fused-ring (bicyclic) bond motifs is 5. The molecule has 0 aromatic carbocycles. The Bertz CT molecular complexity index is 1210. The van der Waals surface area contributed by atoms with E-state index < -0.39 is 0 Å². The van der Waals surface area contributed by atoms with Gasteiger partial charge in [-0.3, -0.25) is 4.79 Å². The summed E-state index contributed by atoms with van der Waals surface area (Å²) in [7, 11) is 1.42. The average Bonchev–Trinajstić information content (AvgIpc) is 3.21. The Hall–Kier alpha value is -2.01. The van der Waals surface area contributed by atoms with Crippen molar-refractivity contribution in [2.24, 2.45) is 0 Å². The number of carbonyl (C=O) groups excluding carboxylic acids is 1. The van der Waals surface area contributed by atoms with Gasteiger partial charge >= 0.3 is 5.97 Å². The zero-order chi connectivity index (χ0) is 23.2. The molecule has 3 aromatic heterocycles. The molecule has 0 radical (unpaired) electrons. The van der Waals surface area contributed by atoms with Crippen molar-refractivity contribution in [1.29, 1.82) is 0 Å². The fraction of sp³-hybridized carbons (Fsp3) is 0.565. The summed E-state index contributed by atoms with van der Waals surface area (Å²) in [5.74, 6) is 0.755. The molecule has 0 bridgehead atoms. The van der Waals surface area contributed by atoms with E-state index in [-0.39, 0.29) is 16.8 Å². The molecule has 10 heteroatoms. The number of anilines is 1. The topological polar surface area (TPSA) is 86.7 Å². The Balaban J connectivity index is 1.70. The van der Waals surface area contributed by atoms with Crippen LogP contribution in [0.25, 0.3) is 20.4 Å². The third-order valence-electron chi connectivity index (χ3n) is 6.17. The van der Waals surface area contributed by atoms with Crippen molar-refractivity contribution in [3.63, 3.8) is 0 Å². The quantitative estimate of drug-likeness (QED) is 0.301. The van der Waals surface area contributed by atoms with Crippen molar-refractivity contribution < 1.29 is 19.0 Å². The van der Waals surface area contributed by atoms with Crippen LogP contribution in [0.3, 0.4) is 0 Å². The second-order valence-corrected chi connectivity index (χ2v) is 11.1. The number of carbonyl (C=O) groups is 1. The molecule has 0 spiro atoms. The van der Waals surface area contributed by atoms with Gasteiger partial charge in [-0.25, -0.2) is 15.0 Å². The highest BCUT2D eigenvalue weighted by molar-refractivity contribution is 8.00. The number of thiophene rings is 1. The zero-order valence-corrected chi connectivity index (χ0v) is 21.0. The predicted octanol–water partition coefficient (Wildman–Crippen LogP) is 3.97. The van der Waals surface area contributed by atoms with Crippen LogP contribution in [-0.4, -0.2) is 65.2 Å². The number of rotatable bonds is 5. The van der Waals surface area contributed by atoms with Gasteiger partial charge in [0.15, 0.2) is 0 Å². The summed E-state index contributed by atoms with van der Waals surface area (Å²) in [6.45, 7) is 9.80. The highest BCUT2D eigenvalue weighted by Crippen LogP contribution is 2.45. The van der Waals surface area contributed by atoms with E-state index in [0.29, 0.717) is 26.2 Å². The van der Waals surface area contributed by atoms with Crippen LogP contribution < -0.4 is 4.90 Å². The van der Waals surface area contributed by atoms with Crippen LogP contribution >= 0.6 is 23.1 Å². The molecule has 2 aliphatic rings. The Morgan fingerprint density at radius 3 is 2.82 bits per heavy atom. The maximum Gasteiger partial charge on any atom is 0.319 e. The van der Waals surface area contributed by atoms with Crippen LogP contribution in [0.2, 0.25) is 0 Å². The van der Waals surface area contributed by atoms with Crippen molar-refractivity contribution in [1.82, 2.24) is 15.0 Å². The summed E-state index contributed by atoms with van der Waals surface area (Å²) >= 11 is 3.04. The number of aromatic nitrogens is 3. The number of methoxy groups -OCH3 is 1. The van der Waals surface area contributed by atoms with Crippen molar-refractivity contribution in [2.45, 2.75) is 56.1 Å². The van der Waals surface area contributed by atoms with Crippen LogP contribution in [0.4, 0.5) is 5.82 Å². The number of thioether (sulfide) groups is 1. The van der Waals surface area contributed by atoms with E-state index in [2.05, 4.69) is 28.7 Å². The first-order valence-electron chi connectivity index (χ1n) is 11.2. The van der Waals surface area contributed by atoms with Gasteiger partial charge in [0.25, 0.3) is 0 Å². The first-order valence-corrected chi connectivity index (χ1v) is 12.9. The lowest BCUT2D eigenvalue weighted by atomic mass is 9.90. The predicted molar refractivity (Wildman–Crippen MR) is 130 cm³/mol. The minimum absolute atomic E-state index is 0.237. The van der Waals surface area contributed by atoms with Crippen LogP contribution in [-0.2, 0) is 32.0 Å². The Morgan fingerprint density at radius 2 is 2.09 bits per heavy atom. The van der Waals surface area contributed by atoms with E-state index in [9.17, 15) is 4.79 Å². The van der Waals surface area contributed by atoms with Gasteiger partial charge in [0.05, 0.1) is 42.7 Å². The fourth-order valence-corrected chi connectivity index (χ4v) is 6.70. The van der Waals surface area contributed by atoms with Crippen LogP contribution in [0.1, 0.15) is 38.3 Å². The Labute approximate surface area is 201 Å². The second kappa shape index (κ2) is 8.98. The summed E-state index contributed by atoms with van der Waals surface area (Å²) < 4.78 is 17.7. The summed E-state index contributed by atoms with van der Waals surface area (Å²) in [6.07, 6.45) is 3.04. The van der Waals surface area contributed by atoms with Gasteiger partial charge in [-0.15, -0.1) is 11.3 Å². The number of hydrogen-bond acceptors (Lipinski definition) is 10. The smallest absolute Gasteiger partial charge is 0.319 e. The number of pyridine rings is 1. The van der Waals surface area contributed by atoms with E-state index in [4.69, 9.17) is 19.2 Å².